The number of carbonyl (C=O) groups excluding carboxylic acids is 2. The summed E-state index contributed by atoms with van der Waals surface area (Å²) in [4.78, 5) is 31.0. The molecule has 1 N–H and O–H groups in total. The van der Waals surface area contributed by atoms with Crippen LogP contribution in [0.3, 0.4) is 0 Å². The van der Waals surface area contributed by atoms with E-state index in [1.54, 1.807) is 21.9 Å². The molecule has 1 atom stereocenters. The van der Waals surface area contributed by atoms with Crippen molar-refractivity contribution in [3.63, 3.8) is 0 Å². The van der Waals surface area contributed by atoms with Gasteiger partial charge in [0.2, 0.25) is 6.41 Å². The summed E-state index contributed by atoms with van der Waals surface area (Å²) >= 11 is 6.94. The van der Waals surface area contributed by atoms with Crippen molar-refractivity contribution < 1.29 is 14.0 Å². The number of hydrogen-bond acceptors (Lipinski definition) is 4. The Bertz CT molecular complexity index is 860. The lowest BCUT2D eigenvalue weighted by Crippen LogP contribution is -2.40. The van der Waals surface area contributed by atoms with E-state index in [1.165, 1.54) is 0 Å². The van der Waals surface area contributed by atoms with E-state index < -0.39 is 5.13 Å². The minimum atomic E-state index is -0.460. The minimum Gasteiger partial charge on any atom is -0.344 e. The molecule has 0 radical (unpaired) electrons. The summed E-state index contributed by atoms with van der Waals surface area (Å²) in [6, 6.07) is 5.02. The van der Waals surface area contributed by atoms with E-state index in [4.69, 9.17) is 11.6 Å². The third-order valence-electron chi connectivity index (χ3n) is 4.75. The quantitative estimate of drug-likeness (QED) is 0.814. The van der Waals surface area contributed by atoms with E-state index in [2.05, 4.69) is 10.3 Å². The Morgan fingerprint density at radius 2 is 2.28 bits per heavy atom. The van der Waals surface area contributed by atoms with E-state index in [9.17, 15) is 14.0 Å². The van der Waals surface area contributed by atoms with Gasteiger partial charge < -0.3 is 4.90 Å². The van der Waals surface area contributed by atoms with Gasteiger partial charge in [-0.1, -0.05) is 22.9 Å². The number of aromatic nitrogens is 1. The molecule has 3 amide bonds. The number of fused-ring (bicyclic) bond motifs is 2. The molecule has 2 aromatic rings. The van der Waals surface area contributed by atoms with E-state index in [-0.39, 0.29) is 16.6 Å². The molecular weight excluding hydrogens is 367 g/mol. The zero-order valence-corrected chi connectivity index (χ0v) is 14.6. The highest BCUT2D eigenvalue weighted by atomic mass is 35.5. The number of carbonyl (C=O) groups is 2. The first kappa shape index (κ1) is 16.3. The Hall–Kier alpha value is -2.19. The molecule has 9 heteroatoms. The number of thiazole rings is 1. The topological polar surface area (TPSA) is 65.5 Å². The molecule has 1 spiro atoms. The standard InChI is InChI=1S/C16H14ClFN4O2S/c17-10-1-2-12-11(5-10)16(3-4-21(7-16)9-23)8-22(12)15(24)20-14-19-6-13(18)25-14/h1-2,5-6,9H,3-4,7-8H2,(H,19,20,24). The first-order valence-electron chi connectivity index (χ1n) is 7.70. The highest BCUT2D eigenvalue weighted by Gasteiger charge is 2.48. The van der Waals surface area contributed by atoms with Crippen LogP contribution in [0.15, 0.2) is 24.4 Å². The summed E-state index contributed by atoms with van der Waals surface area (Å²) in [5.41, 5.74) is 1.39. The van der Waals surface area contributed by atoms with Gasteiger partial charge in [-0.15, -0.1) is 0 Å². The van der Waals surface area contributed by atoms with Crippen molar-refractivity contribution in [2.45, 2.75) is 11.8 Å². The van der Waals surface area contributed by atoms with Crippen LogP contribution in [0.4, 0.5) is 20.0 Å². The Balaban J connectivity index is 1.66. The van der Waals surface area contributed by atoms with Gasteiger partial charge in [0.25, 0.3) is 0 Å². The van der Waals surface area contributed by atoms with Gasteiger partial charge in [0.15, 0.2) is 10.3 Å². The number of nitrogens with one attached hydrogen (secondary N) is 1. The normalized spacial score (nSPS) is 21.7. The number of likely N-dealkylation sites (tertiary alicyclic amines) is 1. The molecule has 1 aromatic heterocycles. The van der Waals surface area contributed by atoms with Crippen molar-refractivity contribution in [1.29, 1.82) is 0 Å². The number of hydrogen-bond donors (Lipinski definition) is 1. The van der Waals surface area contributed by atoms with Gasteiger partial charge >= 0.3 is 6.03 Å². The second-order valence-corrected chi connectivity index (χ2v) is 7.67. The van der Waals surface area contributed by atoms with Crippen LogP contribution in [-0.4, -0.2) is 42.0 Å². The SMILES string of the molecule is O=CN1CCC2(C1)CN(C(=O)Nc1ncc(F)s1)c1ccc(Cl)cc12. The molecule has 0 bridgehead atoms. The molecule has 2 aliphatic heterocycles. The number of urea groups is 1. The lowest BCUT2D eigenvalue weighted by atomic mass is 9.81. The molecule has 2 aliphatic rings. The lowest BCUT2D eigenvalue weighted by Gasteiger charge is -2.24. The molecule has 1 saturated heterocycles. The molecule has 4 rings (SSSR count). The van der Waals surface area contributed by atoms with E-state index in [1.807, 2.05) is 6.07 Å². The van der Waals surface area contributed by atoms with Crippen LogP contribution in [0.2, 0.25) is 5.02 Å². The van der Waals surface area contributed by atoms with E-state index in [0.717, 1.165) is 41.6 Å². The fourth-order valence-electron chi connectivity index (χ4n) is 3.64. The third-order valence-corrected chi connectivity index (χ3v) is 5.69. The highest BCUT2D eigenvalue weighted by molar-refractivity contribution is 7.14. The van der Waals surface area contributed by atoms with Crippen LogP contribution in [0, 0.1) is 5.13 Å². The Morgan fingerprint density at radius 3 is 2.96 bits per heavy atom. The zero-order valence-electron chi connectivity index (χ0n) is 13.0. The molecule has 6 nitrogen and oxygen atoms in total. The van der Waals surface area contributed by atoms with Crippen LogP contribution in [0.25, 0.3) is 0 Å². The molecule has 0 saturated carbocycles. The molecular formula is C16H14ClFN4O2S. The number of nitrogens with zero attached hydrogens (tertiary/aromatic N) is 3. The van der Waals surface area contributed by atoms with E-state index in [0.29, 0.717) is 24.7 Å². The monoisotopic (exact) mass is 380 g/mol. The van der Waals surface area contributed by atoms with Gasteiger partial charge in [-0.25, -0.2) is 9.78 Å². The maximum atomic E-state index is 13.1. The molecule has 130 valence electrons. The van der Waals surface area contributed by atoms with Crippen molar-refractivity contribution in [2.75, 3.05) is 29.9 Å². The van der Waals surface area contributed by atoms with Crippen molar-refractivity contribution in [2.24, 2.45) is 0 Å². The van der Waals surface area contributed by atoms with Crippen LogP contribution in [0.1, 0.15) is 12.0 Å². The number of amides is 3. The predicted molar refractivity (Wildman–Crippen MR) is 93.8 cm³/mol. The largest absolute Gasteiger partial charge is 0.344 e. The number of benzene rings is 1. The lowest BCUT2D eigenvalue weighted by molar-refractivity contribution is -0.117. The Kier molecular flexibility index (Phi) is 3.88. The highest BCUT2D eigenvalue weighted by Crippen LogP contribution is 2.47. The van der Waals surface area contributed by atoms with Crippen LogP contribution < -0.4 is 10.2 Å². The van der Waals surface area contributed by atoms with Crippen molar-refractivity contribution in [1.82, 2.24) is 9.88 Å². The average molecular weight is 381 g/mol. The zero-order chi connectivity index (χ0) is 17.6. The summed E-state index contributed by atoms with van der Waals surface area (Å²) in [5, 5.41) is 2.97. The van der Waals surface area contributed by atoms with Gasteiger partial charge in [-0.2, -0.15) is 4.39 Å². The smallest absolute Gasteiger partial charge is 0.328 e. The number of anilines is 2. The van der Waals surface area contributed by atoms with Gasteiger partial charge in [-0.05, 0) is 30.2 Å². The minimum absolute atomic E-state index is 0.208. The summed E-state index contributed by atoms with van der Waals surface area (Å²) < 4.78 is 13.1. The van der Waals surface area contributed by atoms with Gasteiger partial charge in [0.1, 0.15) is 0 Å². The summed E-state index contributed by atoms with van der Waals surface area (Å²) in [5.74, 6) is 0. The molecule has 3 heterocycles. The molecule has 1 aromatic carbocycles. The first-order valence-corrected chi connectivity index (χ1v) is 8.89. The molecule has 25 heavy (non-hydrogen) atoms. The summed E-state index contributed by atoms with van der Waals surface area (Å²) in [6.07, 6.45) is 2.66. The van der Waals surface area contributed by atoms with Crippen molar-refractivity contribution in [3.05, 3.63) is 40.1 Å². The molecule has 1 fully saturated rings. The van der Waals surface area contributed by atoms with Crippen LogP contribution >= 0.6 is 22.9 Å². The predicted octanol–water partition coefficient (Wildman–Crippen LogP) is 3.09. The van der Waals surface area contributed by atoms with Gasteiger partial charge in [0.05, 0.1) is 6.20 Å². The summed E-state index contributed by atoms with van der Waals surface area (Å²) in [7, 11) is 0. The van der Waals surface area contributed by atoms with Gasteiger partial charge in [-0.3, -0.25) is 15.0 Å². The maximum absolute atomic E-state index is 13.1. The average Bonchev–Trinajstić information content (AvgIpc) is 3.27. The second kappa shape index (κ2) is 5.96. The van der Waals surface area contributed by atoms with Gasteiger partial charge in [0, 0.05) is 35.8 Å². The van der Waals surface area contributed by atoms with Crippen LogP contribution in [0.5, 0.6) is 0 Å². The molecule has 0 aliphatic carbocycles. The number of rotatable bonds is 2. The fraction of sp³-hybridized carbons (Fsp3) is 0.312. The second-order valence-electron chi connectivity index (χ2n) is 6.25. The van der Waals surface area contributed by atoms with E-state index >= 15 is 0 Å². The van der Waals surface area contributed by atoms with Crippen LogP contribution in [-0.2, 0) is 10.2 Å². The summed E-state index contributed by atoms with van der Waals surface area (Å²) in [6.45, 7) is 1.62. The maximum Gasteiger partial charge on any atom is 0.328 e. The number of halogens is 2. The fourth-order valence-corrected chi connectivity index (χ4v) is 4.34. The molecule has 1 unspecified atom stereocenters. The third kappa shape index (κ3) is 2.75. The van der Waals surface area contributed by atoms with Crippen molar-refractivity contribution >= 4 is 46.2 Å². The first-order chi connectivity index (χ1) is 12.0. The Morgan fingerprint density at radius 1 is 1.44 bits per heavy atom. The van der Waals surface area contributed by atoms with Crippen molar-refractivity contribution in [3.8, 4) is 0 Å². The Labute approximate surface area is 152 Å².